The Kier molecular flexibility index (Phi) is 9.71. The minimum absolute atomic E-state index is 0.152. The Labute approximate surface area is 220 Å². The van der Waals surface area contributed by atoms with Crippen molar-refractivity contribution in [3.63, 3.8) is 0 Å². The van der Waals surface area contributed by atoms with Gasteiger partial charge in [-0.2, -0.15) is 5.06 Å². The van der Waals surface area contributed by atoms with Crippen LogP contribution in [0.4, 0.5) is 0 Å². The zero-order valence-corrected chi connectivity index (χ0v) is 21.8. The fourth-order valence-electron chi connectivity index (χ4n) is 4.84. The molecule has 3 aromatic carbocycles. The number of benzene rings is 3. The van der Waals surface area contributed by atoms with Gasteiger partial charge in [-0.05, 0) is 61.1 Å². The van der Waals surface area contributed by atoms with E-state index < -0.39 is 12.1 Å². The molecule has 2 N–H and O–H groups in total. The molecule has 0 aliphatic heterocycles. The van der Waals surface area contributed by atoms with E-state index in [1.165, 1.54) is 0 Å². The third kappa shape index (κ3) is 7.89. The third-order valence-electron chi connectivity index (χ3n) is 6.98. The second-order valence-electron chi connectivity index (χ2n) is 9.83. The predicted molar refractivity (Wildman–Crippen MR) is 145 cm³/mol. The summed E-state index contributed by atoms with van der Waals surface area (Å²) in [7, 11) is 1.65. The summed E-state index contributed by atoms with van der Waals surface area (Å²) in [6, 6.07) is 24.9. The number of carbonyl (C=O) groups is 1. The highest BCUT2D eigenvalue weighted by Crippen LogP contribution is 2.24. The van der Waals surface area contributed by atoms with Crippen LogP contribution in [-0.2, 0) is 17.8 Å². The van der Waals surface area contributed by atoms with Crippen molar-refractivity contribution in [2.75, 3.05) is 13.7 Å². The second-order valence-corrected chi connectivity index (χ2v) is 9.83. The van der Waals surface area contributed by atoms with Crippen molar-refractivity contribution < 1.29 is 19.5 Å². The molecule has 0 radical (unpaired) electrons. The minimum atomic E-state index is -0.840. The zero-order valence-electron chi connectivity index (χ0n) is 21.8. The van der Waals surface area contributed by atoms with Gasteiger partial charge in [0.05, 0.1) is 31.9 Å². The molecule has 1 aliphatic rings. The highest BCUT2D eigenvalue weighted by atomic mass is 16.7. The van der Waals surface area contributed by atoms with Crippen molar-refractivity contribution in [1.82, 2.24) is 10.4 Å². The summed E-state index contributed by atoms with van der Waals surface area (Å²) in [6.45, 7) is 2.72. The number of methoxy groups -OCH3 is 1. The quantitative estimate of drug-likeness (QED) is 0.338. The molecule has 0 aromatic heterocycles. The Morgan fingerprint density at radius 3 is 2.32 bits per heavy atom. The van der Waals surface area contributed by atoms with Crippen LogP contribution in [0, 0.1) is 6.92 Å². The van der Waals surface area contributed by atoms with Crippen molar-refractivity contribution in [2.45, 2.75) is 63.8 Å². The molecule has 1 unspecified atom stereocenters. The lowest BCUT2D eigenvalue weighted by atomic mass is 9.99. The number of nitrogens with zero attached hydrogens (tertiary/aromatic N) is 1. The summed E-state index contributed by atoms with van der Waals surface area (Å²) in [5.41, 5.74) is 3.63. The van der Waals surface area contributed by atoms with Gasteiger partial charge in [0, 0.05) is 12.1 Å². The van der Waals surface area contributed by atoms with Crippen molar-refractivity contribution in [3.8, 4) is 5.75 Å². The van der Waals surface area contributed by atoms with Crippen LogP contribution >= 0.6 is 0 Å². The van der Waals surface area contributed by atoms with Crippen LogP contribution in [0.1, 0.15) is 52.7 Å². The summed E-state index contributed by atoms with van der Waals surface area (Å²) in [5.74, 6) is 0.616. The lowest BCUT2D eigenvalue weighted by molar-refractivity contribution is -0.214. The summed E-state index contributed by atoms with van der Waals surface area (Å²) in [4.78, 5) is 19.6. The van der Waals surface area contributed by atoms with E-state index in [1.807, 2.05) is 90.8 Å². The maximum absolute atomic E-state index is 13.2. The highest BCUT2D eigenvalue weighted by molar-refractivity contribution is 5.95. The van der Waals surface area contributed by atoms with E-state index in [0.717, 1.165) is 48.1 Å². The number of hydrogen-bond acceptors (Lipinski definition) is 5. The van der Waals surface area contributed by atoms with Crippen molar-refractivity contribution in [2.24, 2.45) is 0 Å². The first-order chi connectivity index (χ1) is 18.0. The van der Waals surface area contributed by atoms with E-state index in [1.54, 1.807) is 7.11 Å². The molecular weight excluding hydrogens is 464 g/mol. The number of aryl methyl sites for hydroxylation is 1. The van der Waals surface area contributed by atoms with Gasteiger partial charge in [0.2, 0.25) is 0 Å². The van der Waals surface area contributed by atoms with Crippen molar-refractivity contribution >= 4 is 5.91 Å². The van der Waals surface area contributed by atoms with E-state index >= 15 is 0 Å². The molecule has 0 bridgehead atoms. The molecule has 37 heavy (non-hydrogen) atoms. The topological polar surface area (TPSA) is 71.0 Å². The number of amides is 1. The van der Waals surface area contributed by atoms with Gasteiger partial charge in [-0.1, -0.05) is 73.5 Å². The monoisotopic (exact) mass is 502 g/mol. The molecule has 1 fully saturated rings. The average molecular weight is 503 g/mol. The first-order valence-electron chi connectivity index (χ1n) is 13.1. The molecule has 4 rings (SSSR count). The molecule has 1 amide bonds. The Morgan fingerprint density at radius 2 is 1.65 bits per heavy atom. The number of hydrogen-bond donors (Lipinski definition) is 2. The lowest BCUT2D eigenvalue weighted by Gasteiger charge is -2.31. The molecule has 2 atom stereocenters. The van der Waals surface area contributed by atoms with E-state index in [4.69, 9.17) is 9.57 Å². The normalized spacial score (nSPS) is 15.5. The largest absolute Gasteiger partial charge is 0.497 e. The van der Waals surface area contributed by atoms with Crippen LogP contribution in [0.5, 0.6) is 5.75 Å². The molecule has 6 heteroatoms. The van der Waals surface area contributed by atoms with Crippen LogP contribution in [0.15, 0.2) is 78.9 Å². The van der Waals surface area contributed by atoms with Crippen LogP contribution in [-0.4, -0.2) is 48.0 Å². The maximum atomic E-state index is 13.2. The predicted octanol–water partition coefficient (Wildman–Crippen LogP) is 5.08. The van der Waals surface area contributed by atoms with Gasteiger partial charge in [0.25, 0.3) is 5.91 Å². The van der Waals surface area contributed by atoms with Gasteiger partial charge >= 0.3 is 0 Å². The summed E-state index contributed by atoms with van der Waals surface area (Å²) >= 11 is 0. The number of nitrogens with one attached hydrogen (secondary N) is 1. The first kappa shape index (κ1) is 26.9. The fourth-order valence-corrected chi connectivity index (χ4v) is 4.84. The van der Waals surface area contributed by atoms with E-state index in [2.05, 4.69) is 5.32 Å². The van der Waals surface area contributed by atoms with Crippen molar-refractivity contribution in [3.05, 3.63) is 101 Å². The molecule has 196 valence electrons. The Hall–Kier alpha value is -3.19. The summed E-state index contributed by atoms with van der Waals surface area (Å²) < 4.78 is 5.29. The Bertz CT molecular complexity index is 1110. The first-order valence-corrected chi connectivity index (χ1v) is 13.1. The summed E-state index contributed by atoms with van der Waals surface area (Å²) in [6.07, 6.45) is 4.19. The van der Waals surface area contributed by atoms with E-state index in [9.17, 15) is 9.90 Å². The molecule has 0 heterocycles. The van der Waals surface area contributed by atoms with Gasteiger partial charge in [0.15, 0.2) is 0 Å². The smallest absolute Gasteiger partial charge is 0.251 e. The lowest BCUT2D eigenvalue weighted by Crippen LogP contribution is -2.50. The number of carbonyl (C=O) groups excluding carboxylic acids is 1. The molecule has 1 saturated carbocycles. The molecule has 6 nitrogen and oxygen atoms in total. The molecule has 0 saturated heterocycles. The Morgan fingerprint density at radius 1 is 0.973 bits per heavy atom. The number of aliphatic hydroxyl groups is 1. The van der Waals surface area contributed by atoms with Crippen LogP contribution in [0.3, 0.4) is 0 Å². The van der Waals surface area contributed by atoms with E-state index in [-0.39, 0.29) is 18.6 Å². The Balaban J connectivity index is 1.51. The molecule has 0 spiro atoms. The van der Waals surface area contributed by atoms with Gasteiger partial charge in [-0.3, -0.25) is 9.63 Å². The fraction of sp³-hybridized carbons (Fsp3) is 0.387. The number of aliphatic hydroxyl groups excluding tert-OH is 1. The SMILES string of the molecule is COc1ccc(CN(CC(O)[C@H](Cc2ccccc2)NC(=O)c2ccccc2C)OC2CCCC2)cc1. The van der Waals surface area contributed by atoms with Crippen LogP contribution < -0.4 is 10.1 Å². The van der Waals surface area contributed by atoms with Crippen LogP contribution in [0.25, 0.3) is 0 Å². The van der Waals surface area contributed by atoms with Gasteiger partial charge in [-0.25, -0.2) is 0 Å². The number of ether oxygens (including phenoxy) is 1. The zero-order chi connectivity index (χ0) is 26.0. The second kappa shape index (κ2) is 13.4. The number of hydroxylamine groups is 2. The highest BCUT2D eigenvalue weighted by Gasteiger charge is 2.27. The third-order valence-corrected chi connectivity index (χ3v) is 6.98. The summed E-state index contributed by atoms with van der Waals surface area (Å²) in [5, 5.41) is 16.5. The van der Waals surface area contributed by atoms with Gasteiger partial charge < -0.3 is 15.2 Å². The average Bonchev–Trinajstić information content (AvgIpc) is 3.42. The number of rotatable bonds is 12. The van der Waals surface area contributed by atoms with Gasteiger partial charge in [0.1, 0.15) is 5.75 Å². The minimum Gasteiger partial charge on any atom is -0.497 e. The van der Waals surface area contributed by atoms with Crippen LogP contribution in [0.2, 0.25) is 0 Å². The van der Waals surface area contributed by atoms with Gasteiger partial charge in [-0.15, -0.1) is 0 Å². The maximum Gasteiger partial charge on any atom is 0.251 e. The molecular formula is C31H38N2O4. The standard InChI is InChI=1S/C31H38N2O4/c1-23-10-6-9-15-28(23)31(35)32-29(20-24-11-4-3-5-12-24)30(34)22-33(37-27-13-7-8-14-27)21-25-16-18-26(36-2)19-17-25/h3-6,9-12,15-19,27,29-30,34H,7-8,13-14,20-22H2,1-2H3,(H,32,35)/t29-,30?/m0/s1. The van der Waals surface area contributed by atoms with Crippen molar-refractivity contribution in [1.29, 1.82) is 0 Å². The van der Waals surface area contributed by atoms with E-state index in [0.29, 0.717) is 18.5 Å². The molecule has 1 aliphatic carbocycles. The molecule has 3 aromatic rings.